The van der Waals surface area contributed by atoms with Gasteiger partial charge in [-0.05, 0) is 55.3 Å². The van der Waals surface area contributed by atoms with Crippen molar-refractivity contribution in [2.45, 2.75) is 13.8 Å². The maximum absolute atomic E-state index is 12.3. The van der Waals surface area contributed by atoms with Gasteiger partial charge in [0.15, 0.2) is 0 Å². The highest BCUT2D eigenvalue weighted by Gasteiger charge is 2.05. The van der Waals surface area contributed by atoms with E-state index in [4.69, 9.17) is 0 Å². The summed E-state index contributed by atoms with van der Waals surface area (Å²) in [5.74, 6) is -0.212. The van der Waals surface area contributed by atoms with Gasteiger partial charge in [-0.1, -0.05) is 54.1 Å². The largest absolute Gasteiger partial charge is 0.321 e. The molecule has 0 radical (unpaired) electrons. The van der Waals surface area contributed by atoms with Gasteiger partial charge in [0.2, 0.25) is 5.91 Å². The predicted molar refractivity (Wildman–Crippen MR) is 111 cm³/mol. The number of carbonyl (C=O) groups is 1. The van der Waals surface area contributed by atoms with Crippen molar-refractivity contribution in [1.82, 2.24) is 0 Å². The highest BCUT2D eigenvalue weighted by molar-refractivity contribution is 6.03. The number of nitrogens with one attached hydrogen (secondary N) is 1. The van der Waals surface area contributed by atoms with Crippen LogP contribution in [-0.4, -0.2) is 5.91 Å². The molecule has 3 aromatic carbocycles. The van der Waals surface area contributed by atoms with Gasteiger partial charge >= 0.3 is 0 Å². The molecule has 1 N–H and O–H groups in total. The Morgan fingerprint density at radius 3 is 2.30 bits per heavy atom. The first kappa shape index (κ1) is 18.3. The average molecular weight is 355 g/mol. The van der Waals surface area contributed by atoms with Crippen LogP contribution in [0.25, 0.3) is 6.08 Å². The second kappa shape index (κ2) is 8.72. The number of hydrogen-bond acceptors (Lipinski definition) is 3. The lowest BCUT2D eigenvalue weighted by Gasteiger charge is -2.07. The van der Waals surface area contributed by atoms with Crippen molar-refractivity contribution in [3.63, 3.8) is 0 Å². The van der Waals surface area contributed by atoms with Crippen LogP contribution in [0.1, 0.15) is 16.7 Å². The average Bonchev–Trinajstić information content (AvgIpc) is 2.68. The Balaban J connectivity index is 1.76. The molecule has 3 aromatic rings. The highest BCUT2D eigenvalue weighted by Crippen LogP contribution is 2.28. The van der Waals surface area contributed by atoms with Crippen molar-refractivity contribution in [3.8, 4) is 0 Å². The summed E-state index contributed by atoms with van der Waals surface area (Å²) in [7, 11) is 0. The molecule has 0 heterocycles. The van der Waals surface area contributed by atoms with Gasteiger partial charge in [0.25, 0.3) is 0 Å². The first-order chi connectivity index (χ1) is 13.1. The van der Waals surface area contributed by atoms with Gasteiger partial charge in [-0.15, -0.1) is 5.11 Å². The maximum atomic E-state index is 12.3. The quantitative estimate of drug-likeness (QED) is 0.419. The topological polar surface area (TPSA) is 53.8 Å². The van der Waals surface area contributed by atoms with Crippen molar-refractivity contribution in [2.24, 2.45) is 10.2 Å². The van der Waals surface area contributed by atoms with Crippen LogP contribution in [0.2, 0.25) is 0 Å². The molecular formula is C23H21N3O. The van der Waals surface area contributed by atoms with Gasteiger partial charge in [-0.25, -0.2) is 0 Å². The summed E-state index contributed by atoms with van der Waals surface area (Å²) in [5.41, 5.74) is 5.18. The summed E-state index contributed by atoms with van der Waals surface area (Å²) >= 11 is 0. The number of hydrogen-bond donors (Lipinski definition) is 1. The molecule has 0 aromatic heterocycles. The molecule has 134 valence electrons. The van der Waals surface area contributed by atoms with E-state index in [0.29, 0.717) is 11.4 Å². The van der Waals surface area contributed by atoms with Gasteiger partial charge < -0.3 is 5.32 Å². The molecule has 0 spiro atoms. The molecule has 0 aliphatic carbocycles. The molecule has 4 nitrogen and oxygen atoms in total. The lowest BCUT2D eigenvalue weighted by atomic mass is 10.2. The predicted octanol–water partition coefficient (Wildman–Crippen LogP) is 6.37. The van der Waals surface area contributed by atoms with E-state index in [1.807, 2.05) is 86.6 Å². The van der Waals surface area contributed by atoms with Gasteiger partial charge in [0.1, 0.15) is 5.69 Å². The van der Waals surface area contributed by atoms with Crippen LogP contribution >= 0.6 is 0 Å². The Morgan fingerprint density at radius 1 is 0.852 bits per heavy atom. The fourth-order valence-corrected chi connectivity index (χ4v) is 2.47. The first-order valence-electron chi connectivity index (χ1n) is 8.73. The Bertz CT molecular complexity index is 974. The molecular weight excluding hydrogens is 334 g/mol. The number of benzene rings is 3. The molecule has 0 aliphatic heterocycles. The molecule has 27 heavy (non-hydrogen) atoms. The molecule has 4 heteroatoms. The molecule has 1 amide bonds. The fraction of sp³-hybridized carbons (Fsp3) is 0.0870. The van der Waals surface area contributed by atoms with Gasteiger partial charge in [0, 0.05) is 6.08 Å². The summed E-state index contributed by atoms with van der Waals surface area (Å²) in [5, 5.41) is 11.5. The van der Waals surface area contributed by atoms with Crippen LogP contribution in [-0.2, 0) is 4.79 Å². The molecule has 0 fully saturated rings. The molecule has 3 rings (SSSR count). The Morgan fingerprint density at radius 2 is 1.56 bits per heavy atom. The number of amides is 1. The minimum atomic E-state index is -0.212. The van der Waals surface area contributed by atoms with Crippen LogP contribution < -0.4 is 5.32 Å². The van der Waals surface area contributed by atoms with E-state index in [0.717, 1.165) is 16.8 Å². The van der Waals surface area contributed by atoms with Crippen LogP contribution in [0, 0.1) is 13.8 Å². The van der Waals surface area contributed by atoms with Gasteiger partial charge in [-0.2, -0.15) is 5.11 Å². The van der Waals surface area contributed by atoms with E-state index < -0.39 is 0 Å². The zero-order valence-corrected chi connectivity index (χ0v) is 15.4. The monoisotopic (exact) mass is 355 g/mol. The maximum Gasteiger partial charge on any atom is 0.248 e. The van der Waals surface area contributed by atoms with E-state index in [1.165, 1.54) is 11.6 Å². The van der Waals surface area contributed by atoms with Crippen molar-refractivity contribution in [3.05, 3.63) is 95.6 Å². The third-order valence-electron chi connectivity index (χ3n) is 3.94. The summed E-state index contributed by atoms with van der Waals surface area (Å²) in [4.78, 5) is 12.3. The van der Waals surface area contributed by atoms with Crippen molar-refractivity contribution in [2.75, 3.05) is 5.32 Å². The Kier molecular flexibility index (Phi) is 5.90. The number of aryl methyl sites for hydroxylation is 2. The number of anilines is 1. The van der Waals surface area contributed by atoms with Gasteiger partial charge in [-0.3, -0.25) is 4.79 Å². The standard InChI is InChI=1S/C23H21N3O/c1-17-8-12-20(13-9-17)25-26-21-14-10-18(2)16-22(21)24-23(27)15-11-19-6-4-3-5-7-19/h3-16H,1-2H3,(H,24,27)/b15-11+,26-25?. The second-order valence-corrected chi connectivity index (χ2v) is 6.29. The highest BCUT2D eigenvalue weighted by atomic mass is 16.1. The minimum Gasteiger partial charge on any atom is -0.321 e. The Hall–Kier alpha value is -3.53. The van der Waals surface area contributed by atoms with Crippen LogP contribution in [0.4, 0.5) is 17.1 Å². The summed E-state index contributed by atoms with van der Waals surface area (Å²) < 4.78 is 0. The third kappa shape index (κ3) is 5.47. The van der Waals surface area contributed by atoms with Crippen LogP contribution in [0.3, 0.4) is 0 Å². The van der Waals surface area contributed by atoms with Gasteiger partial charge in [0.05, 0.1) is 11.4 Å². The molecule has 0 bridgehead atoms. The first-order valence-corrected chi connectivity index (χ1v) is 8.73. The molecule has 0 saturated carbocycles. The molecule has 0 atom stereocenters. The van der Waals surface area contributed by atoms with Crippen molar-refractivity contribution in [1.29, 1.82) is 0 Å². The second-order valence-electron chi connectivity index (χ2n) is 6.29. The number of azo groups is 1. The van der Waals surface area contributed by atoms with E-state index in [-0.39, 0.29) is 5.91 Å². The van der Waals surface area contributed by atoms with E-state index in [2.05, 4.69) is 15.5 Å². The van der Waals surface area contributed by atoms with Crippen LogP contribution in [0.15, 0.2) is 89.1 Å². The number of rotatable bonds is 5. The van der Waals surface area contributed by atoms with Crippen molar-refractivity contribution < 1.29 is 4.79 Å². The summed E-state index contributed by atoms with van der Waals surface area (Å²) in [6.45, 7) is 3.99. The fourth-order valence-electron chi connectivity index (χ4n) is 2.47. The zero-order valence-electron chi connectivity index (χ0n) is 15.4. The normalized spacial score (nSPS) is 11.2. The molecule has 0 unspecified atom stereocenters. The number of nitrogens with zero attached hydrogens (tertiary/aromatic N) is 2. The van der Waals surface area contributed by atoms with E-state index >= 15 is 0 Å². The van der Waals surface area contributed by atoms with E-state index in [9.17, 15) is 4.79 Å². The molecule has 0 saturated heterocycles. The summed E-state index contributed by atoms with van der Waals surface area (Å²) in [6, 6.07) is 23.2. The lowest BCUT2D eigenvalue weighted by molar-refractivity contribution is -0.111. The lowest BCUT2D eigenvalue weighted by Crippen LogP contribution is -2.08. The SMILES string of the molecule is Cc1ccc(N=Nc2ccc(C)cc2NC(=O)/C=C/c2ccccc2)cc1. The summed E-state index contributed by atoms with van der Waals surface area (Å²) in [6.07, 6.45) is 3.29. The van der Waals surface area contributed by atoms with Crippen molar-refractivity contribution >= 4 is 29.0 Å². The number of carbonyl (C=O) groups excluding carboxylic acids is 1. The van der Waals surface area contributed by atoms with Crippen LogP contribution in [0.5, 0.6) is 0 Å². The minimum absolute atomic E-state index is 0.212. The molecule has 0 aliphatic rings. The smallest absolute Gasteiger partial charge is 0.248 e. The third-order valence-corrected chi connectivity index (χ3v) is 3.94. The zero-order chi connectivity index (χ0) is 19.1. The van der Waals surface area contributed by atoms with E-state index in [1.54, 1.807) is 6.08 Å². The Labute approximate surface area is 159 Å².